The second-order valence-corrected chi connectivity index (χ2v) is 14.7. The number of hydrogen-bond acceptors (Lipinski definition) is 3. The van der Waals surface area contributed by atoms with Gasteiger partial charge in [0, 0.05) is 19.4 Å². The molecule has 0 aliphatic heterocycles. The second-order valence-electron chi connectivity index (χ2n) is 14.7. The Morgan fingerprint density at radius 3 is 2.50 bits per heavy atom. The van der Waals surface area contributed by atoms with Crippen molar-refractivity contribution in [3.05, 3.63) is 11.6 Å². The lowest BCUT2D eigenvalue weighted by Crippen LogP contribution is -2.59. The molecule has 4 nitrogen and oxygen atoms in total. The van der Waals surface area contributed by atoms with Crippen LogP contribution in [0.5, 0.6) is 0 Å². The van der Waals surface area contributed by atoms with Gasteiger partial charge in [0.05, 0.1) is 5.41 Å². The Hall–Kier alpha value is -1.16. The molecular weight excluding hydrogens is 470 g/mol. The van der Waals surface area contributed by atoms with Crippen molar-refractivity contribution in [3.63, 3.8) is 0 Å². The zero-order chi connectivity index (χ0) is 27.7. The lowest BCUT2D eigenvalue weighted by molar-refractivity contribution is -0.156. The third kappa shape index (κ3) is 5.41. The van der Waals surface area contributed by atoms with Crippen molar-refractivity contribution < 1.29 is 14.7 Å². The number of ketones is 1. The van der Waals surface area contributed by atoms with E-state index in [9.17, 15) is 14.7 Å². The maximum atomic E-state index is 13.9. The van der Waals surface area contributed by atoms with Crippen molar-refractivity contribution in [1.29, 1.82) is 0 Å². The minimum Gasteiger partial charge on any atom is -0.379 e. The fourth-order valence-electron chi connectivity index (χ4n) is 9.63. The highest BCUT2D eigenvalue weighted by Crippen LogP contribution is 2.67. The molecule has 0 saturated heterocycles. The van der Waals surface area contributed by atoms with Crippen molar-refractivity contribution in [2.24, 2.45) is 46.3 Å². The van der Waals surface area contributed by atoms with Gasteiger partial charge in [-0.3, -0.25) is 9.59 Å². The molecule has 1 amide bonds. The van der Waals surface area contributed by atoms with E-state index >= 15 is 0 Å². The summed E-state index contributed by atoms with van der Waals surface area (Å²) in [6.45, 7) is 14.7. The van der Waals surface area contributed by atoms with Crippen molar-refractivity contribution in [2.45, 2.75) is 137 Å². The third-order valence-electron chi connectivity index (χ3n) is 11.9. The Labute approximate surface area is 233 Å². The lowest BCUT2D eigenvalue weighted by atomic mass is 9.46. The molecule has 4 aliphatic rings. The number of carbonyl (C=O) groups excluding carboxylic acids is 2. The molecule has 4 aliphatic carbocycles. The Bertz CT molecular complexity index is 894. The maximum absolute atomic E-state index is 13.9. The van der Waals surface area contributed by atoms with Crippen LogP contribution in [0.25, 0.3) is 0 Å². The Morgan fingerprint density at radius 1 is 1.03 bits per heavy atom. The van der Waals surface area contributed by atoms with Crippen LogP contribution in [-0.4, -0.2) is 28.9 Å². The van der Waals surface area contributed by atoms with Gasteiger partial charge < -0.3 is 10.4 Å². The van der Waals surface area contributed by atoms with E-state index in [1.165, 1.54) is 38.5 Å². The van der Waals surface area contributed by atoms with Gasteiger partial charge in [0.25, 0.3) is 5.91 Å². The number of hydrogen-bond donors (Lipinski definition) is 2. The van der Waals surface area contributed by atoms with E-state index in [0.29, 0.717) is 36.1 Å². The summed E-state index contributed by atoms with van der Waals surface area (Å²) in [6, 6.07) is 0. The molecule has 8 atom stereocenters. The largest absolute Gasteiger partial charge is 0.379 e. The molecule has 3 fully saturated rings. The van der Waals surface area contributed by atoms with Gasteiger partial charge in [0.15, 0.2) is 5.60 Å². The van der Waals surface area contributed by atoms with Gasteiger partial charge in [-0.15, -0.1) is 0 Å². The first-order valence-corrected chi connectivity index (χ1v) is 16.2. The highest BCUT2D eigenvalue weighted by atomic mass is 16.3. The van der Waals surface area contributed by atoms with Crippen molar-refractivity contribution in [2.75, 3.05) is 6.54 Å². The van der Waals surface area contributed by atoms with E-state index in [2.05, 4.69) is 52.9 Å². The summed E-state index contributed by atoms with van der Waals surface area (Å²) in [6.07, 6.45) is 16.9. The van der Waals surface area contributed by atoms with Crippen molar-refractivity contribution in [3.8, 4) is 0 Å². The molecule has 4 heteroatoms. The molecule has 0 radical (unpaired) electrons. The number of nitrogens with one attached hydrogen (secondary N) is 1. The summed E-state index contributed by atoms with van der Waals surface area (Å²) in [4.78, 5) is 26.9. The first-order chi connectivity index (χ1) is 18.0. The molecule has 4 rings (SSSR count). The van der Waals surface area contributed by atoms with Gasteiger partial charge in [-0.05, 0) is 86.4 Å². The second kappa shape index (κ2) is 11.8. The Balaban J connectivity index is 1.45. The first-order valence-electron chi connectivity index (χ1n) is 16.2. The van der Waals surface area contributed by atoms with Crippen LogP contribution in [0, 0.1) is 46.3 Å². The van der Waals surface area contributed by atoms with Crippen molar-refractivity contribution >= 4 is 11.7 Å². The molecular formula is C34H57NO3. The molecule has 216 valence electrons. The van der Waals surface area contributed by atoms with E-state index < -0.39 is 11.0 Å². The predicted octanol–water partition coefficient (Wildman–Crippen LogP) is 7.63. The number of aliphatic hydroxyl groups is 1. The zero-order valence-corrected chi connectivity index (χ0v) is 25.4. The third-order valence-corrected chi connectivity index (χ3v) is 11.9. The van der Waals surface area contributed by atoms with E-state index in [1.54, 1.807) is 0 Å². The number of unbranched alkanes of at least 4 members (excludes halogenated alkanes) is 3. The van der Waals surface area contributed by atoms with Crippen molar-refractivity contribution in [1.82, 2.24) is 5.32 Å². The minimum absolute atomic E-state index is 0.0394. The van der Waals surface area contributed by atoms with Crippen LogP contribution in [0.4, 0.5) is 0 Å². The molecule has 0 aromatic carbocycles. The molecule has 1 unspecified atom stereocenters. The summed E-state index contributed by atoms with van der Waals surface area (Å²) in [5, 5.41) is 14.3. The van der Waals surface area contributed by atoms with Crippen LogP contribution in [0.15, 0.2) is 11.6 Å². The highest BCUT2D eigenvalue weighted by Gasteiger charge is 2.63. The van der Waals surface area contributed by atoms with Gasteiger partial charge in [-0.1, -0.05) is 84.8 Å². The van der Waals surface area contributed by atoms with E-state index in [-0.39, 0.29) is 18.1 Å². The molecule has 0 heterocycles. The van der Waals surface area contributed by atoms with Crippen LogP contribution in [0.2, 0.25) is 0 Å². The molecule has 0 aromatic rings. The molecule has 0 aromatic heterocycles. The molecule has 3 saturated carbocycles. The first kappa shape index (κ1) is 29.8. The van der Waals surface area contributed by atoms with E-state index in [4.69, 9.17) is 0 Å². The number of fused-ring (bicyclic) bond motifs is 5. The summed E-state index contributed by atoms with van der Waals surface area (Å²) >= 11 is 0. The number of rotatable bonds is 11. The van der Waals surface area contributed by atoms with Gasteiger partial charge in [-0.2, -0.15) is 0 Å². The average molecular weight is 528 g/mol. The number of carbonyl (C=O) groups is 2. The number of amides is 1. The molecule has 2 N–H and O–H groups in total. The fraction of sp³-hybridized carbons (Fsp3) is 0.882. The fourth-order valence-corrected chi connectivity index (χ4v) is 9.63. The molecule has 38 heavy (non-hydrogen) atoms. The topological polar surface area (TPSA) is 66.4 Å². The summed E-state index contributed by atoms with van der Waals surface area (Å²) < 4.78 is 0. The normalized spacial score (nSPS) is 39.3. The number of allylic oxidation sites excluding steroid dienone is 1. The van der Waals surface area contributed by atoms with Crippen LogP contribution >= 0.6 is 0 Å². The van der Waals surface area contributed by atoms with Gasteiger partial charge in [-0.25, -0.2) is 0 Å². The lowest BCUT2D eigenvalue weighted by Gasteiger charge is -2.58. The van der Waals surface area contributed by atoms with Gasteiger partial charge >= 0.3 is 0 Å². The summed E-state index contributed by atoms with van der Waals surface area (Å²) in [7, 11) is 0. The number of Topliss-reactive ketones (excluding diaryl/α,β-unsaturated/α-hetero) is 1. The van der Waals surface area contributed by atoms with E-state index in [1.807, 2.05) is 0 Å². The monoisotopic (exact) mass is 527 g/mol. The smallest absolute Gasteiger partial charge is 0.252 e. The van der Waals surface area contributed by atoms with Gasteiger partial charge in [0.2, 0.25) is 0 Å². The van der Waals surface area contributed by atoms with Gasteiger partial charge in [0.1, 0.15) is 5.78 Å². The Morgan fingerprint density at radius 2 is 1.79 bits per heavy atom. The van der Waals surface area contributed by atoms with Crippen LogP contribution in [-0.2, 0) is 9.59 Å². The molecule has 0 spiro atoms. The molecule has 0 bridgehead atoms. The van der Waals surface area contributed by atoms with Crippen LogP contribution < -0.4 is 5.32 Å². The van der Waals surface area contributed by atoms with Crippen LogP contribution in [0.3, 0.4) is 0 Å². The summed E-state index contributed by atoms with van der Waals surface area (Å²) in [5.41, 5.74) is -0.679. The SMILES string of the molecule is CCCCCCNC(=O)C1(O)CC(=O)[C@@]2(C)C(=CC[C@@H]3[C@@H]2CC[C@]2(C)[C@@H]([C@H](C)CCCC(C)C)CC[C@@H]32)C1. The maximum Gasteiger partial charge on any atom is 0.252 e. The minimum atomic E-state index is -1.59. The highest BCUT2D eigenvalue weighted by molar-refractivity contribution is 5.98. The Kier molecular flexibility index (Phi) is 9.22. The standard InChI is InChI=1S/C34H57NO3/c1-7-8-9-10-20-35-31(37)34(38)21-25-14-15-26-28-17-16-27(24(4)13-11-12-23(2)3)32(28,5)19-18-29(26)33(25,6)30(36)22-34/h14,23-24,26-29,38H,7-13,15-22H2,1-6H3,(H,35,37)/t24-,26+,27-,28+,29+,32-,33+,34?/m1/s1. The van der Waals surface area contributed by atoms with E-state index in [0.717, 1.165) is 61.9 Å². The van der Waals surface area contributed by atoms with Crippen LogP contribution in [0.1, 0.15) is 131 Å². The quantitative estimate of drug-likeness (QED) is 0.214. The summed E-state index contributed by atoms with van der Waals surface area (Å²) in [5.74, 6) is 3.69. The predicted molar refractivity (Wildman–Crippen MR) is 156 cm³/mol. The zero-order valence-electron chi connectivity index (χ0n) is 25.4. The average Bonchev–Trinajstić information content (AvgIpc) is 3.22.